The zero-order chi connectivity index (χ0) is 10.6. The van der Waals surface area contributed by atoms with Crippen LogP contribution in [0.2, 0.25) is 0 Å². The molecule has 0 saturated carbocycles. The van der Waals surface area contributed by atoms with Crippen LogP contribution in [0.25, 0.3) is 0 Å². The van der Waals surface area contributed by atoms with Crippen LogP contribution in [0.5, 0.6) is 0 Å². The summed E-state index contributed by atoms with van der Waals surface area (Å²) in [5, 5.41) is 0. The van der Waals surface area contributed by atoms with Crippen LogP contribution in [0.3, 0.4) is 0 Å². The molecule has 94 valence electrons. The number of hydrogen-bond donors (Lipinski definition) is 0. The molecule has 0 N–H and O–H groups in total. The highest BCUT2D eigenvalue weighted by molar-refractivity contribution is 7.73. The Morgan fingerprint density at radius 2 is 1.00 bits per heavy atom. The van der Waals surface area contributed by atoms with Crippen molar-refractivity contribution in [2.75, 3.05) is 39.5 Å². The summed E-state index contributed by atoms with van der Waals surface area (Å²) in [7, 11) is 0.687. The van der Waals surface area contributed by atoms with Gasteiger partial charge in [-0.05, 0) is 20.3 Å². The van der Waals surface area contributed by atoms with Crippen LogP contribution in [-0.4, -0.2) is 39.5 Å². The molecule has 0 atom stereocenters. The van der Waals surface area contributed by atoms with Gasteiger partial charge in [0.25, 0.3) is 0 Å². The molecule has 14 heavy (non-hydrogen) atoms. The van der Waals surface area contributed by atoms with Crippen LogP contribution in [0.15, 0.2) is 0 Å². The molecule has 0 radical (unpaired) electrons. The number of rotatable bonds is 1. The Kier molecular flexibility index (Phi) is 49.4. The fourth-order valence-corrected chi connectivity index (χ4v) is 0. The second-order valence-electron chi connectivity index (χ2n) is 3.81. The lowest BCUT2D eigenvalue weighted by Gasteiger charge is -2.05. The molecular weight excluding hydrogens is 206 g/mol. The number of hydrogen-bond acceptors (Lipinski definition) is 0. The van der Waals surface area contributed by atoms with Gasteiger partial charge in [-0.25, -0.2) is 0 Å². The lowest BCUT2D eigenvalue weighted by Crippen LogP contribution is -1.84. The summed E-state index contributed by atoms with van der Waals surface area (Å²) < 4.78 is 0. The summed E-state index contributed by atoms with van der Waals surface area (Å²) in [4.78, 5) is 0. The van der Waals surface area contributed by atoms with Gasteiger partial charge in [0.2, 0.25) is 0 Å². The lowest BCUT2D eigenvalue weighted by molar-refractivity contribution is 1.09. The molecule has 0 aromatic rings. The maximum Gasteiger partial charge on any atom is 0.0558 e. The molecule has 0 rings (SSSR count). The Balaban J connectivity index is -0.0000000297. The molecule has 0 amide bonds. The van der Waals surface area contributed by atoms with E-state index < -0.39 is 7.26 Å². The SMILES string of the molecule is C.CCC.CC[P+](C)(C)C.CPC.[CH3-]. The summed E-state index contributed by atoms with van der Waals surface area (Å²) in [6.45, 7) is 17.9. The topological polar surface area (TPSA) is 0 Å². The van der Waals surface area contributed by atoms with Gasteiger partial charge in [0, 0.05) is 27.3 Å². The lowest BCUT2D eigenvalue weighted by atomic mass is 10.6. The van der Waals surface area contributed by atoms with E-state index in [2.05, 4.69) is 54.1 Å². The van der Waals surface area contributed by atoms with Gasteiger partial charge >= 0.3 is 0 Å². The summed E-state index contributed by atoms with van der Waals surface area (Å²) >= 11 is 0. The van der Waals surface area contributed by atoms with Crippen molar-refractivity contribution in [3.05, 3.63) is 7.43 Å². The first-order chi connectivity index (χ1) is 5.39. The molecule has 0 aliphatic heterocycles. The Morgan fingerprint density at radius 3 is 1.00 bits per heavy atom. The maximum atomic E-state index is 2.35. The van der Waals surface area contributed by atoms with E-state index in [1.807, 2.05) is 0 Å². The Morgan fingerprint density at radius 1 is 0.929 bits per heavy atom. The van der Waals surface area contributed by atoms with Crippen LogP contribution in [0.4, 0.5) is 0 Å². The minimum absolute atomic E-state index is 0. The van der Waals surface area contributed by atoms with Crippen LogP contribution in [0, 0.1) is 7.43 Å². The third-order valence-electron chi connectivity index (χ3n) is 0.949. The first-order valence-electron chi connectivity index (χ1n) is 4.78. The monoisotopic (exact) mass is 242 g/mol. The summed E-state index contributed by atoms with van der Waals surface area (Å²) in [6.07, 6.45) is 2.63. The van der Waals surface area contributed by atoms with Gasteiger partial charge in [-0.2, -0.15) is 0 Å². The third-order valence-corrected chi connectivity index (χ3v) is 2.85. The van der Waals surface area contributed by atoms with Gasteiger partial charge < -0.3 is 7.43 Å². The molecular formula is C12H36P2. The Hall–Kier alpha value is 0.860. The minimum atomic E-state index is -0.397. The highest BCUT2D eigenvalue weighted by Gasteiger charge is 2.10. The predicted molar refractivity (Wildman–Crippen MR) is 84.5 cm³/mol. The molecule has 0 aliphatic carbocycles. The van der Waals surface area contributed by atoms with Crippen molar-refractivity contribution in [1.82, 2.24) is 0 Å². The molecule has 0 heterocycles. The first-order valence-corrected chi connectivity index (χ1v) is 10.1. The normalized spacial score (nSPS) is 7.71. The smallest absolute Gasteiger partial charge is 0.0558 e. The second-order valence-corrected chi connectivity index (χ2v) is 10.0. The van der Waals surface area contributed by atoms with Gasteiger partial charge in [0.05, 0.1) is 6.16 Å². The minimum Gasteiger partial charge on any atom is -0.358 e. The summed E-state index contributed by atoms with van der Waals surface area (Å²) in [5.74, 6) is 0. The van der Waals surface area contributed by atoms with Crippen LogP contribution in [-0.2, 0) is 0 Å². The van der Waals surface area contributed by atoms with E-state index in [4.69, 9.17) is 0 Å². The highest BCUT2D eigenvalue weighted by atomic mass is 31.2. The molecule has 0 nitrogen and oxygen atoms in total. The van der Waals surface area contributed by atoms with E-state index in [1.54, 1.807) is 0 Å². The molecule has 2 heteroatoms. The average molecular weight is 242 g/mol. The largest absolute Gasteiger partial charge is 0.358 e. The first kappa shape index (κ1) is 29.4. The van der Waals surface area contributed by atoms with Crippen molar-refractivity contribution in [3.63, 3.8) is 0 Å². The average Bonchev–Trinajstić information content (AvgIpc) is 1.90. The third kappa shape index (κ3) is 121. The Labute approximate surface area is 97.8 Å². The Bertz CT molecular complexity index is 53.8. The standard InChI is InChI=1S/C5H14P.C3H8.C2H7P.CH4.CH3/c1-5-6(2,3)4;2*1-3-2;;/h5H2,1-4H3;3H2,1-2H3;3H,1-2H3;1H4;1H3/q+1;;;;-1. The van der Waals surface area contributed by atoms with E-state index in [0.717, 1.165) is 8.58 Å². The molecule has 0 fully saturated rings. The fourth-order valence-electron chi connectivity index (χ4n) is 0. The van der Waals surface area contributed by atoms with E-state index >= 15 is 0 Å². The van der Waals surface area contributed by atoms with Crippen LogP contribution in [0.1, 0.15) is 34.6 Å². The summed E-state index contributed by atoms with van der Waals surface area (Å²) in [6, 6.07) is 0. The van der Waals surface area contributed by atoms with Crippen LogP contribution >= 0.6 is 15.8 Å². The van der Waals surface area contributed by atoms with Gasteiger partial charge in [-0.15, -0.1) is 8.58 Å². The van der Waals surface area contributed by atoms with Crippen LogP contribution < -0.4 is 0 Å². The fraction of sp³-hybridized carbons (Fsp3) is 0.917. The predicted octanol–water partition coefficient (Wildman–Crippen LogP) is 5.34. The van der Waals surface area contributed by atoms with E-state index in [-0.39, 0.29) is 14.9 Å². The van der Waals surface area contributed by atoms with Gasteiger partial charge in [-0.3, -0.25) is 0 Å². The van der Waals surface area contributed by atoms with Crippen molar-refractivity contribution in [3.8, 4) is 0 Å². The molecule has 0 spiro atoms. The molecule has 0 unspecified atom stereocenters. The van der Waals surface area contributed by atoms with Crippen molar-refractivity contribution in [2.24, 2.45) is 0 Å². The second kappa shape index (κ2) is 23.6. The molecule has 0 bridgehead atoms. The van der Waals surface area contributed by atoms with E-state index in [9.17, 15) is 0 Å². The van der Waals surface area contributed by atoms with Gasteiger partial charge in [0.15, 0.2) is 0 Å². The van der Waals surface area contributed by atoms with Crippen molar-refractivity contribution < 1.29 is 0 Å². The molecule has 0 aliphatic rings. The highest BCUT2D eigenvalue weighted by Crippen LogP contribution is 2.45. The molecule has 0 saturated heterocycles. The maximum absolute atomic E-state index is 2.35. The zero-order valence-corrected chi connectivity index (χ0v) is 13.3. The van der Waals surface area contributed by atoms with Gasteiger partial charge in [-0.1, -0.05) is 27.7 Å². The van der Waals surface area contributed by atoms with Crippen molar-refractivity contribution in [2.45, 2.75) is 34.6 Å². The molecule has 0 aromatic carbocycles. The quantitative estimate of drug-likeness (QED) is 0.430. The van der Waals surface area contributed by atoms with Gasteiger partial charge in [0.1, 0.15) is 0 Å². The van der Waals surface area contributed by atoms with E-state index in [0.29, 0.717) is 0 Å². The van der Waals surface area contributed by atoms with E-state index in [1.165, 1.54) is 12.6 Å². The summed E-state index contributed by atoms with van der Waals surface area (Å²) in [5.41, 5.74) is 0. The van der Waals surface area contributed by atoms with Crippen molar-refractivity contribution in [1.29, 1.82) is 0 Å². The zero-order valence-electron chi connectivity index (χ0n) is 11.4. The molecule has 0 aromatic heterocycles. The van der Waals surface area contributed by atoms with Crippen molar-refractivity contribution >= 4 is 15.8 Å².